The van der Waals surface area contributed by atoms with Crippen molar-refractivity contribution in [3.8, 4) is 0 Å². The van der Waals surface area contributed by atoms with E-state index in [1.807, 2.05) is 49.3 Å². The van der Waals surface area contributed by atoms with Gasteiger partial charge in [-0.05, 0) is 19.2 Å². The molecule has 0 saturated carbocycles. The summed E-state index contributed by atoms with van der Waals surface area (Å²) in [5.41, 5.74) is 0.928. The maximum Gasteiger partial charge on any atom is 0.134 e. The van der Waals surface area contributed by atoms with Gasteiger partial charge in [0.15, 0.2) is 0 Å². The molecule has 3 aromatic rings. The fraction of sp³-hybridized carbons (Fsp3) is 0.267. The molecule has 19 heavy (non-hydrogen) atoms. The van der Waals surface area contributed by atoms with Crippen molar-refractivity contribution >= 4 is 11.0 Å². The van der Waals surface area contributed by atoms with Gasteiger partial charge in [0.25, 0.3) is 0 Å². The maximum atomic E-state index is 5.91. The average molecular weight is 255 g/mol. The molecule has 98 valence electrons. The van der Waals surface area contributed by atoms with Gasteiger partial charge in [-0.1, -0.05) is 18.2 Å². The van der Waals surface area contributed by atoms with Crippen molar-refractivity contribution in [2.24, 2.45) is 7.05 Å². The molecule has 0 aliphatic carbocycles. The summed E-state index contributed by atoms with van der Waals surface area (Å²) in [5.74, 6) is 1.99. The minimum atomic E-state index is 0.133. The molecule has 0 amide bonds. The Hall–Kier alpha value is -2.07. The third-order valence-corrected chi connectivity index (χ3v) is 3.44. The topological polar surface area (TPSA) is 43.0 Å². The Morgan fingerprint density at radius 2 is 2.21 bits per heavy atom. The number of imidazole rings is 1. The van der Waals surface area contributed by atoms with Crippen LogP contribution in [0.2, 0.25) is 0 Å². The molecule has 2 aromatic heterocycles. The summed E-state index contributed by atoms with van der Waals surface area (Å²) in [4.78, 5) is 4.36. The van der Waals surface area contributed by atoms with E-state index in [-0.39, 0.29) is 6.04 Å². The third kappa shape index (κ3) is 2.27. The maximum absolute atomic E-state index is 5.91. The number of hydrogen-bond donors (Lipinski definition) is 1. The van der Waals surface area contributed by atoms with Crippen molar-refractivity contribution < 1.29 is 4.42 Å². The molecule has 1 atom stereocenters. The number of benzene rings is 1. The van der Waals surface area contributed by atoms with E-state index in [4.69, 9.17) is 4.42 Å². The van der Waals surface area contributed by atoms with Gasteiger partial charge >= 0.3 is 0 Å². The highest BCUT2D eigenvalue weighted by atomic mass is 16.3. The second-order valence-corrected chi connectivity index (χ2v) is 4.69. The summed E-state index contributed by atoms with van der Waals surface area (Å²) in [6.07, 6.45) is 4.58. The molecule has 0 saturated heterocycles. The number of nitrogens with one attached hydrogen (secondary N) is 1. The van der Waals surface area contributed by atoms with Crippen LogP contribution in [0.5, 0.6) is 0 Å². The number of nitrogens with zero attached hydrogens (tertiary/aromatic N) is 2. The van der Waals surface area contributed by atoms with E-state index in [1.165, 1.54) is 0 Å². The molecule has 3 rings (SSSR count). The Labute approximate surface area is 112 Å². The monoisotopic (exact) mass is 255 g/mol. The number of rotatable bonds is 4. The smallest absolute Gasteiger partial charge is 0.134 e. The van der Waals surface area contributed by atoms with Crippen molar-refractivity contribution in [2.75, 3.05) is 7.05 Å². The molecule has 0 aliphatic heterocycles. The number of hydrogen-bond acceptors (Lipinski definition) is 3. The highest BCUT2D eigenvalue weighted by Crippen LogP contribution is 2.25. The average Bonchev–Trinajstić information content (AvgIpc) is 3.02. The van der Waals surface area contributed by atoms with Gasteiger partial charge in [0.05, 0.1) is 6.04 Å². The van der Waals surface area contributed by atoms with E-state index in [1.54, 1.807) is 0 Å². The lowest BCUT2D eigenvalue weighted by atomic mass is 10.1. The van der Waals surface area contributed by atoms with Crippen LogP contribution in [-0.4, -0.2) is 16.6 Å². The van der Waals surface area contributed by atoms with Crippen LogP contribution in [-0.2, 0) is 13.5 Å². The molecule has 2 heterocycles. The second-order valence-electron chi connectivity index (χ2n) is 4.69. The van der Waals surface area contributed by atoms with E-state index >= 15 is 0 Å². The minimum absolute atomic E-state index is 0.133. The number of aromatic nitrogens is 2. The van der Waals surface area contributed by atoms with Crippen LogP contribution in [0.4, 0.5) is 0 Å². The summed E-state index contributed by atoms with van der Waals surface area (Å²) in [6, 6.07) is 10.3. The summed E-state index contributed by atoms with van der Waals surface area (Å²) in [6.45, 7) is 0. The minimum Gasteiger partial charge on any atom is -0.459 e. The Balaban J connectivity index is 1.91. The number of furan rings is 1. The van der Waals surface area contributed by atoms with Crippen LogP contribution in [0.25, 0.3) is 11.0 Å². The quantitative estimate of drug-likeness (QED) is 0.779. The zero-order chi connectivity index (χ0) is 13.2. The number of likely N-dealkylation sites (N-methyl/N-ethyl adjacent to an activating group) is 1. The van der Waals surface area contributed by atoms with Gasteiger partial charge in [-0.2, -0.15) is 0 Å². The lowest BCUT2D eigenvalue weighted by molar-refractivity contribution is 0.442. The first-order valence-corrected chi connectivity index (χ1v) is 6.40. The molecule has 4 nitrogen and oxygen atoms in total. The second kappa shape index (κ2) is 4.90. The molecular weight excluding hydrogens is 238 g/mol. The third-order valence-electron chi connectivity index (χ3n) is 3.44. The zero-order valence-electron chi connectivity index (χ0n) is 11.1. The first kappa shape index (κ1) is 12.0. The van der Waals surface area contributed by atoms with Crippen molar-refractivity contribution in [3.05, 3.63) is 54.3 Å². The molecule has 1 aromatic carbocycles. The molecule has 0 fully saturated rings. The Morgan fingerprint density at radius 3 is 2.89 bits per heavy atom. The first-order valence-electron chi connectivity index (χ1n) is 6.40. The fourth-order valence-corrected chi connectivity index (χ4v) is 2.29. The highest BCUT2D eigenvalue weighted by molar-refractivity contribution is 5.77. The van der Waals surface area contributed by atoms with Gasteiger partial charge in [-0.3, -0.25) is 0 Å². The van der Waals surface area contributed by atoms with Crippen molar-refractivity contribution in [3.63, 3.8) is 0 Å². The molecular formula is C15H17N3O. The highest BCUT2D eigenvalue weighted by Gasteiger charge is 2.17. The van der Waals surface area contributed by atoms with Gasteiger partial charge in [-0.15, -0.1) is 0 Å². The van der Waals surface area contributed by atoms with Crippen LogP contribution in [0.15, 0.2) is 47.1 Å². The number of aryl methyl sites for hydroxylation is 1. The van der Waals surface area contributed by atoms with E-state index < -0.39 is 0 Å². The predicted molar refractivity (Wildman–Crippen MR) is 74.9 cm³/mol. The molecule has 0 bridgehead atoms. The number of fused-ring (bicyclic) bond motifs is 1. The Bertz CT molecular complexity index is 650. The van der Waals surface area contributed by atoms with Gasteiger partial charge in [0, 0.05) is 31.2 Å². The van der Waals surface area contributed by atoms with Gasteiger partial charge < -0.3 is 14.3 Å². The van der Waals surface area contributed by atoms with Crippen LogP contribution in [0, 0.1) is 0 Å². The zero-order valence-corrected chi connectivity index (χ0v) is 11.1. The van der Waals surface area contributed by atoms with E-state index in [0.29, 0.717) is 0 Å². The molecule has 1 unspecified atom stereocenters. The summed E-state index contributed by atoms with van der Waals surface area (Å²) < 4.78 is 7.94. The van der Waals surface area contributed by atoms with Crippen LogP contribution in [0.1, 0.15) is 17.6 Å². The lowest BCUT2D eigenvalue weighted by Gasteiger charge is -2.13. The van der Waals surface area contributed by atoms with Crippen LogP contribution >= 0.6 is 0 Å². The first-order chi connectivity index (χ1) is 9.28. The molecule has 1 N–H and O–H groups in total. The molecule has 0 radical (unpaired) electrons. The summed E-state index contributed by atoms with van der Waals surface area (Å²) >= 11 is 0. The molecule has 0 spiro atoms. The van der Waals surface area contributed by atoms with Crippen molar-refractivity contribution in [1.29, 1.82) is 0 Å². The fourth-order valence-electron chi connectivity index (χ4n) is 2.29. The SMILES string of the molecule is CNC(Cc1nccn1C)c1cc2ccccc2o1. The van der Waals surface area contributed by atoms with Crippen LogP contribution in [0.3, 0.4) is 0 Å². The van der Waals surface area contributed by atoms with E-state index in [9.17, 15) is 0 Å². The largest absolute Gasteiger partial charge is 0.459 e. The van der Waals surface area contributed by atoms with Crippen molar-refractivity contribution in [1.82, 2.24) is 14.9 Å². The standard InChI is InChI=1S/C15H17N3O/c1-16-12(10-15-17-7-8-18(15)2)14-9-11-5-3-4-6-13(11)19-14/h3-9,12,16H,10H2,1-2H3. The van der Waals surface area contributed by atoms with E-state index in [0.717, 1.165) is 29.0 Å². The predicted octanol–water partition coefficient (Wildman–Crippen LogP) is 2.67. The molecule has 4 heteroatoms. The molecule has 0 aliphatic rings. The van der Waals surface area contributed by atoms with Crippen molar-refractivity contribution in [2.45, 2.75) is 12.5 Å². The summed E-state index contributed by atoms with van der Waals surface area (Å²) in [7, 11) is 3.95. The van der Waals surface area contributed by atoms with E-state index in [2.05, 4.69) is 22.4 Å². The van der Waals surface area contributed by atoms with Gasteiger partial charge in [0.2, 0.25) is 0 Å². The van der Waals surface area contributed by atoms with Crippen LogP contribution < -0.4 is 5.32 Å². The number of para-hydroxylation sites is 1. The van der Waals surface area contributed by atoms with Gasteiger partial charge in [0.1, 0.15) is 17.2 Å². The Morgan fingerprint density at radius 1 is 1.37 bits per heavy atom. The Kier molecular flexibility index (Phi) is 3.09. The lowest BCUT2D eigenvalue weighted by Crippen LogP contribution is -2.19. The summed E-state index contributed by atoms with van der Waals surface area (Å²) in [5, 5.41) is 4.43. The van der Waals surface area contributed by atoms with Gasteiger partial charge in [-0.25, -0.2) is 4.98 Å². The normalized spacial score (nSPS) is 12.9.